The fourth-order valence-electron chi connectivity index (χ4n) is 2.47. The van der Waals surface area contributed by atoms with E-state index < -0.39 is 11.9 Å². The third-order valence-corrected chi connectivity index (χ3v) is 3.68. The number of esters is 1. The third kappa shape index (κ3) is 3.16. The van der Waals surface area contributed by atoms with Crippen molar-refractivity contribution < 1.29 is 19.4 Å². The van der Waals surface area contributed by atoms with Crippen molar-refractivity contribution in [1.29, 1.82) is 0 Å². The number of pyridine rings is 1. The molecule has 1 N–H and O–H groups in total. The average Bonchev–Trinajstić information content (AvgIpc) is 3.00. The number of aryl methyl sites for hydroxylation is 1. The lowest BCUT2D eigenvalue weighted by molar-refractivity contribution is 0.0520. The van der Waals surface area contributed by atoms with E-state index in [4.69, 9.17) is 4.74 Å². The van der Waals surface area contributed by atoms with Gasteiger partial charge < -0.3 is 9.84 Å². The maximum Gasteiger partial charge on any atom is 0.360 e. The Bertz CT molecular complexity index is 1020. The van der Waals surface area contributed by atoms with Gasteiger partial charge >= 0.3 is 11.9 Å². The normalized spacial score (nSPS) is 11.2. The number of carboxylic acids is 1. The van der Waals surface area contributed by atoms with Crippen LogP contribution in [0.25, 0.3) is 5.65 Å². The molecule has 0 unspecified atom stereocenters. The van der Waals surface area contributed by atoms with Crippen LogP contribution >= 0.6 is 0 Å². The molecule has 26 heavy (non-hydrogen) atoms. The second-order valence-electron chi connectivity index (χ2n) is 5.41. The minimum absolute atomic E-state index is 0.0129. The van der Waals surface area contributed by atoms with Gasteiger partial charge in [-0.25, -0.2) is 14.6 Å². The van der Waals surface area contributed by atoms with E-state index >= 15 is 0 Å². The van der Waals surface area contributed by atoms with Gasteiger partial charge in [-0.2, -0.15) is 0 Å². The van der Waals surface area contributed by atoms with Crippen molar-refractivity contribution in [1.82, 2.24) is 9.38 Å². The lowest BCUT2D eigenvalue weighted by Crippen LogP contribution is -2.05. The topological polar surface area (TPSA) is 106 Å². The number of aromatic carboxylic acids is 1. The molecule has 8 nitrogen and oxygen atoms in total. The molecular formula is C18H16N4O4. The smallest absolute Gasteiger partial charge is 0.360 e. The van der Waals surface area contributed by atoms with Gasteiger partial charge in [0.15, 0.2) is 11.5 Å². The summed E-state index contributed by atoms with van der Waals surface area (Å²) >= 11 is 0. The van der Waals surface area contributed by atoms with Crippen LogP contribution in [0.3, 0.4) is 0 Å². The summed E-state index contributed by atoms with van der Waals surface area (Å²) in [5.74, 6) is -1.54. The van der Waals surface area contributed by atoms with E-state index in [1.54, 1.807) is 35.7 Å². The lowest BCUT2D eigenvalue weighted by atomic mass is 10.2. The standard InChI is InChI=1S/C18H16N4O4/c1-3-26-18(25)14-16(22-10-6-7-11(2)15(22)19-14)21-20-13-9-5-4-8-12(13)17(23)24/h4-10H,3H2,1-2H3,(H,23,24). The molecule has 3 aromatic rings. The van der Waals surface area contributed by atoms with Crippen LogP contribution in [0.1, 0.15) is 33.3 Å². The van der Waals surface area contributed by atoms with Crippen LogP contribution in [0.5, 0.6) is 0 Å². The Kier molecular flexibility index (Phi) is 4.74. The molecule has 0 aliphatic rings. The molecule has 3 rings (SSSR count). The monoisotopic (exact) mass is 352 g/mol. The second kappa shape index (κ2) is 7.14. The minimum Gasteiger partial charge on any atom is -0.478 e. The van der Waals surface area contributed by atoms with Gasteiger partial charge in [0.2, 0.25) is 0 Å². The van der Waals surface area contributed by atoms with Crippen LogP contribution in [-0.2, 0) is 4.74 Å². The number of fused-ring (bicyclic) bond motifs is 1. The number of hydrogen-bond donors (Lipinski definition) is 1. The molecule has 0 saturated heterocycles. The number of carboxylic acid groups (broad SMARTS) is 1. The van der Waals surface area contributed by atoms with E-state index in [1.807, 2.05) is 13.0 Å². The van der Waals surface area contributed by atoms with Crippen molar-refractivity contribution in [3.63, 3.8) is 0 Å². The van der Waals surface area contributed by atoms with Gasteiger partial charge in [0.05, 0.1) is 12.2 Å². The molecular weight excluding hydrogens is 336 g/mol. The molecule has 8 heteroatoms. The average molecular weight is 352 g/mol. The molecule has 1 aromatic carbocycles. The van der Waals surface area contributed by atoms with Crippen molar-refractivity contribution in [2.45, 2.75) is 13.8 Å². The second-order valence-corrected chi connectivity index (χ2v) is 5.41. The molecule has 2 heterocycles. The molecule has 0 atom stereocenters. The van der Waals surface area contributed by atoms with Gasteiger partial charge in [0.1, 0.15) is 11.3 Å². The van der Waals surface area contributed by atoms with Crippen molar-refractivity contribution >= 4 is 29.1 Å². The summed E-state index contributed by atoms with van der Waals surface area (Å²) in [5.41, 5.74) is 1.62. The Morgan fingerprint density at radius 2 is 1.96 bits per heavy atom. The van der Waals surface area contributed by atoms with Gasteiger partial charge in [-0.15, -0.1) is 10.2 Å². The molecule has 0 amide bonds. The Morgan fingerprint density at radius 3 is 2.69 bits per heavy atom. The van der Waals surface area contributed by atoms with E-state index in [9.17, 15) is 14.7 Å². The molecule has 0 aliphatic carbocycles. The largest absolute Gasteiger partial charge is 0.478 e. The maximum atomic E-state index is 12.2. The van der Waals surface area contributed by atoms with Crippen LogP contribution in [0.15, 0.2) is 52.8 Å². The molecule has 0 bridgehead atoms. The molecule has 2 aromatic heterocycles. The minimum atomic E-state index is -1.11. The molecule has 0 radical (unpaired) electrons. The van der Waals surface area contributed by atoms with Crippen LogP contribution in [0, 0.1) is 6.92 Å². The highest BCUT2D eigenvalue weighted by Gasteiger charge is 2.21. The number of benzene rings is 1. The molecule has 0 spiro atoms. The van der Waals surface area contributed by atoms with E-state index in [-0.39, 0.29) is 29.4 Å². The first-order valence-corrected chi connectivity index (χ1v) is 7.91. The fourth-order valence-corrected chi connectivity index (χ4v) is 2.47. The van der Waals surface area contributed by atoms with Crippen LogP contribution in [0.4, 0.5) is 11.5 Å². The number of rotatable bonds is 5. The highest BCUT2D eigenvalue weighted by molar-refractivity contribution is 5.94. The third-order valence-electron chi connectivity index (χ3n) is 3.68. The van der Waals surface area contributed by atoms with Crippen molar-refractivity contribution in [2.75, 3.05) is 6.61 Å². The molecule has 0 aliphatic heterocycles. The van der Waals surface area contributed by atoms with Gasteiger partial charge in [0.25, 0.3) is 0 Å². The maximum absolute atomic E-state index is 12.2. The van der Waals surface area contributed by atoms with E-state index in [1.165, 1.54) is 12.1 Å². The zero-order valence-electron chi connectivity index (χ0n) is 14.2. The Labute approximate surface area is 148 Å². The van der Waals surface area contributed by atoms with E-state index in [0.29, 0.717) is 5.65 Å². The number of nitrogens with zero attached hydrogens (tertiary/aromatic N) is 4. The Morgan fingerprint density at radius 1 is 1.19 bits per heavy atom. The number of carbonyl (C=O) groups is 2. The summed E-state index contributed by atoms with van der Waals surface area (Å²) < 4.78 is 6.66. The number of imidazole rings is 1. The zero-order valence-corrected chi connectivity index (χ0v) is 14.2. The Hall–Kier alpha value is -3.55. The van der Waals surface area contributed by atoms with E-state index in [2.05, 4.69) is 15.2 Å². The highest BCUT2D eigenvalue weighted by atomic mass is 16.5. The van der Waals surface area contributed by atoms with Crippen molar-refractivity contribution in [3.8, 4) is 0 Å². The Balaban J connectivity index is 2.15. The van der Waals surface area contributed by atoms with Crippen LogP contribution in [0.2, 0.25) is 0 Å². The summed E-state index contributed by atoms with van der Waals surface area (Å²) in [6.45, 7) is 3.76. The number of hydrogen-bond acceptors (Lipinski definition) is 6. The predicted octanol–water partition coefficient (Wildman–Crippen LogP) is 3.93. The van der Waals surface area contributed by atoms with Crippen molar-refractivity contribution in [2.24, 2.45) is 10.2 Å². The molecule has 132 valence electrons. The number of aromatic nitrogens is 2. The number of carbonyl (C=O) groups excluding carboxylic acids is 1. The summed E-state index contributed by atoms with van der Waals surface area (Å²) in [5, 5.41) is 17.4. The molecule has 0 saturated carbocycles. The SMILES string of the molecule is CCOC(=O)c1nc2c(C)cccn2c1N=Nc1ccccc1C(=O)O. The highest BCUT2D eigenvalue weighted by Crippen LogP contribution is 2.27. The van der Waals surface area contributed by atoms with Gasteiger partial charge in [0, 0.05) is 6.20 Å². The van der Waals surface area contributed by atoms with Gasteiger partial charge in [-0.1, -0.05) is 18.2 Å². The first-order valence-electron chi connectivity index (χ1n) is 7.91. The predicted molar refractivity (Wildman–Crippen MR) is 93.5 cm³/mol. The van der Waals surface area contributed by atoms with Crippen molar-refractivity contribution in [3.05, 3.63) is 59.4 Å². The van der Waals surface area contributed by atoms with Gasteiger partial charge in [-0.3, -0.25) is 4.40 Å². The van der Waals surface area contributed by atoms with Gasteiger partial charge in [-0.05, 0) is 37.6 Å². The summed E-state index contributed by atoms with van der Waals surface area (Å²) in [6.07, 6.45) is 1.70. The molecule has 0 fully saturated rings. The van der Waals surface area contributed by atoms with Crippen LogP contribution in [-0.4, -0.2) is 33.0 Å². The quantitative estimate of drug-likeness (QED) is 0.553. The summed E-state index contributed by atoms with van der Waals surface area (Å²) in [7, 11) is 0. The summed E-state index contributed by atoms with van der Waals surface area (Å²) in [6, 6.07) is 9.88. The van der Waals surface area contributed by atoms with E-state index in [0.717, 1.165) is 5.56 Å². The zero-order chi connectivity index (χ0) is 18.7. The fraction of sp³-hybridized carbons (Fsp3) is 0.167. The first-order chi connectivity index (χ1) is 12.5. The number of ether oxygens (including phenoxy) is 1. The number of azo groups is 1. The van der Waals surface area contributed by atoms with Crippen LogP contribution < -0.4 is 0 Å². The summed E-state index contributed by atoms with van der Waals surface area (Å²) in [4.78, 5) is 27.9. The first kappa shape index (κ1) is 17.3. The lowest BCUT2D eigenvalue weighted by Gasteiger charge is -2.01.